The summed E-state index contributed by atoms with van der Waals surface area (Å²) in [5.41, 5.74) is 11.8. The van der Waals surface area contributed by atoms with Gasteiger partial charge in [-0.25, -0.2) is 0 Å². The predicted molar refractivity (Wildman–Crippen MR) is 270 cm³/mol. The summed E-state index contributed by atoms with van der Waals surface area (Å²) >= 11 is 0. The molecule has 0 N–H and O–H groups in total. The molecule has 0 fully saturated rings. The molecule has 0 radical (unpaired) electrons. The van der Waals surface area contributed by atoms with Gasteiger partial charge in [0, 0.05) is 32.8 Å². The van der Waals surface area contributed by atoms with Crippen LogP contribution in [0, 0.1) is 0 Å². The van der Waals surface area contributed by atoms with Crippen molar-refractivity contribution in [2.75, 3.05) is 0 Å². The molecule has 0 spiro atoms. The van der Waals surface area contributed by atoms with Crippen molar-refractivity contribution in [1.82, 2.24) is 9.13 Å². The van der Waals surface area contributed by atoms with Crippen LogP contribution in [0.15, 0.2) is 255 Å². The van der Waals surface area contributed by atoms with Gasteiger partial charge in [-0.3, -0.25) is 0 Å². The number of benzene rings is 10. The van der Waals surface area contributed by atoms with Crippen LogP contribution in [0.2, 0.25) is 0 Å². The second-order valence-electron chi connectivity index (χ2n) is 16.4. The Balaban J connectivity index is 1.14. The minimum absolute atomic E-state index is 1.14. The summed E-state index contributed by atoms with van der Waals surface area (Å²) in [6.45, 7) is 0. The molecule has 2 aromatic heterocycles. The third-order valence-electron chi connectivity index (χ3n) is 13.1. The summed E-state index contributed by atoms with van der Waals surface area (Å²) in [5, 5.41) is 10.5. The highest BCUT2D eigenvalue weighted by atomic mass is 28.3. The van der Waals surface area contributed by atoms with Crippen molar-refractivity contribution in [1.29, 1.82) is 0 Å². The Morgan fingerprint density at radius 2 is 0.778 bits per heavy atom. The van der Waals surface area contributed by atoms with Crippen LogP contribution in [0.25, 0.3) is 77.2 Å². The van der Waals surface area contributed by atoms with Crippen molar-refractivity contribution in [3.05, 3.63) is 255 Å². The van der Waals surface area contributed by atoms with Gasteiger partial charge < -0.3 is 9.13 Å². The van der Waals surface area contributed by atoms with Gasteiger partial charge in [0.05, 0.1) is 27.8 Å². The predicted octanol–water partition coefficient (Wildman–Crippen LogP) is 12.6. The number of hydrogen-bond acceptors (Lipinski definition) is 0. The first-order valence-corrected chi connectivity index (χ1v) is 23.8. The van der Waals surface area contributed by atoms with Gasteiger partial charge >= 0.3 is 0 Å². The first kappa shape index (κ1) is 36.8. The zero-order valence-corrected chi connectivity index (χ0v) is 35.6. The van der Waals surface area contributed by atoms with Crippen LogP contribution >= 0.6 is 0 Å². The van der Waals surface area contributed by atoms with Gasteiger partial charge in [0.1, 0.15) is 0 Å². The fraction of sp³-hybridized carbons (Fsp3) is 0. The molecule has 0 aliphatic heterocycles. The summed E-state index contributed by atoms with van der Waals surface area (Å²) in [7, 11) is -2.86. The van der Waals surface area contributed by atoms with Crippen molar-refractivity contribution in [3.8, 4) is 33.6 Å². The lowest BCUT2D eigenvalue weighted by Gasteiger charge is -2.35. The van der Waals surface area contributed by atoms with E-state index in [-0.39, 0.29) is 0 Å². The average Bonchev–Trinajstić information content (AvgIpc) is 3.88. The van der Waals surface area contributed by atoms with E-state index in [0.717, 1.165) is 11.4 Å². The molecule has 2 nitrogen and oxygen atoms in total. The molecular formula is C60H42N2Si. The van der Waals surface area contributed by atoms with Crippen molar-refractivity contribution in [2.24, 2.45) is 0 Å². The number of hydrogen-bond donors (Lipinski definition) is 0. The molecule has 0 atom stereocenters. The Hall–Kier alpha value is -7.98. The highest BCUT2D eigenvalue weighted by Gasteiger charge is 2.43. The monoisotopic (exact) mass is 818 g/mol. The Morgan fingerprint density at radius 1 is 0.286 bits per heavy atom. The number of nitrogens with zero attached hydrogens (tertiary/aromatic N) is 2. The molecule has 12 rings (SSSR count). The number of aromatic nitrogens is 2. The highest BCUT2D eigenvalue weighted by Crippen LogP contribution is 2.40. The van der Waals surface area contributed by atoms with Gasteiger partial charge in [0.25, 0.3) is 0 Å². The van der Waals surface area contributed by atoms with Gasteiger partial charge in [-0.1, -0.05) is 212 Å². The van der Waals surface area contributed by atoms with E-state index in [2.05, 4.69) is 264 Å². The summed E-state index contributed by atoms with van der Waals surface area (Å²) < 4.78 is 4.98. The minimum Gasteiger partial charge on any atom is -0.309 e. The van der Waals surface area contributed by atoms with Gasteiger partial charge in [-0.2, -0.15) is 0 Å². The molecule has 2 heterocycles. The lowest BCUT2D eigenvalue weighted by atomic mass is 9.98. The fourth-order valence-electron chi connectivity index (χ4n) is 10.4. The number of rotatable bonds is 8. The lowest BCUT2D eigenvalue weighted by Crippen LogP contribution is -2.74. The minimum atomic E-state index is -2.86. The van der Waals surface area contributed by atoms with Crippen LogP contribution < -0.4 is 20.7 Å². The summed E-state index contributed by atoms with van der Waals surface area (Å²) in [6.07, 6.45) is 0. The molecule has 63 heavy (non-hydrogen) atoms. The van der Waals surface area contributed by atoms with E-state index in [4.69, 9.17) is 0 Å². The zero-order chi connectivity index (χ0) is 41.7. The molecular weight excluding hydrogens is 777 g/mol. The van der Waals surface area contributed by atoms with Crippen LogP contribution in [0.4, 0.5) is 0 Å². The van der Waals surface area contributed by atoms with Crippen molar-refractivity contribution in [2.45, 2.75) is 0 Å². The van der Waals surface area contributed by atoms with E-state index in [9.17, 15) is 0 Å². The number of para-hydroxylation sites is 2. The molecule has 0 aliphatic rings. The van der Waals surface area contributed by atoms with E-state index >= 15 is 0 Å². The van der Waals surface area contributed by atoms with E-state index in [1.807, 2.05) is 0 Å². The third-order valence-corrected chi connectivity index (χ3v) is 17.9. The maximum absolute atomic E-state index is 2.86. The first-order valence-electron chi connectivity index (χ1n) is 21.8. The molecule has 0 amide bonds. The fourth-order valence-corrected chi connectivity index (χ4v) is 15.4. The van der Waals surface area contributed by atoms with E-state index in [1.54, 1.807) is 0 Å². The molecule has 0 saturated heterocycles. The van der Waals surface area contributed by atoms with Crippen LogP contribution in [0.3, 0.4) is 0 Å². The van der Waals surface area contributed by atoms with Gasteiger partial charge in [0.15, 0.2) is 8.07 Å². The van der Waals surface area contributed by atoms with E-state index in [0.29, 0.717) is 0 Å². The molecule has 296 valence electrons. The molecule has 0 saturated carbocycles. The summed E-state index contributed by atoms with van der Waals surface area (Å²) in [5.74, 6) is 0. The van der Waals surface area contributed by atoms with E-state index < -0.39 is 8.07 Å². The second kappa shape index (κ2) is 15.2. The smallest absolute Gasteiger partial charge is 0.180 e. The largest absolute Gasteiger partial charge is 0.309 e. The zero-order valence-electron chi connectivity index (χ0n) is 34.6. The average molecular weight is 819 g/mol. The summed E-state index contributed by atoms with van der Waals surface area (Å²) in [4.78, 5) is 0. The van der Waals surface area contributed by atoms with Crippen molar-refractivity contribution < 1.29 is 0 Å². The normalized spacial score (nSPS) is 11.8. The maximum Gasteiger partial charge on any atom is 0.180 e. The van der Waals surface area contributed by atoms with Crippen molar-refractivity contribution >= 4 is 72.4 Å². The van der Waals surface area contributed by atoms with Gasteiger partial charge in [0.2, 0.25) is 0 Å². The summed E-state index contributed by atoms with van der Waals surface area (Å²) in [6, 6.07) is 94.2. The Morgan fingerprint density at radius 3 is 1.40 bits per heavy atom. The first-order chi connectivity index (χ1) is 31.3. The van der Waals surface area contributed by atoms with Crippen LogP contribution in [-0.2, 0) is 0 Å². The highest BCUT2D eigenvalue weighted by molar-refractivity contribution is 7.20. The second-order valence-corrected chi connectivity index (χ2v) is 20.2. The lowest BCUT2D eigenvalue weighted by molar-refractivity contribution is 1.17. The molecule has 0 bridgehead atoms. The molecule has 3 heteroatoms. The Kier molecular flexibility index (Phi) is 8.87. The molecule has 12 aromatic rings. The molecule has 0 unspecified atom stereocenters. The standard InChI is InChI=1S/C60H42N2Si/c1-6-21-43(22-7-1)45-37-39-50(44-23-8-2-9-24-44)58(41-45)62-54-33-18-16-31-51(54)53-42-46(38-40-56(53)62)61-55-34-19-17-32-52(55)60-57(61)35-20-36-59(60)63(47-25-10-3-11-26-47,48-27-12-4-13-28-48)49-29-14-5-15-30-49/h1-42H. The topological polar surface area (TPSA) is 9.86 Å². The molecule has 0 aliphatic carbocycles. The van der Waals surface area contributed by atoms with Gasteiger partial charge in [-0.05, 0) is 79.9 Å². The van der Waals surface area contributed by atoms with Crippen LogP contribution in [-0.4, -0.2) is 17.2 Å². The van der Waals surface area contributed by atoms with E-state index in [1.165, 1.54) is 86.6 Å². The SMILES string of the molecule is c1ccc(-c2ccc(-c3ccccc3)c(-n3c4ccccc4c4cc(-n5c6ccccc6c6c([Si](c7ccccc7)(c7ccccc7)c7ccccc7)cccc65)ccc43)c2)cc1. The van der Waals surface area contributed by atoms with Gasteiger partial charge in [-0.15, -0.1) is 0 Å². The number of fused-ring (bicyclic) bond motifs is 6. The van der Waals surface area contributed by atoms with Crippen molar-refractivity contribution in [3.63, 3.8) is 0 Å². The Bertz CT molecular complexity index is 3500. The Labute approximate surface area is 368 Å². The third kappa shape index (κ3) is 5.85. The quantitative estimate of drug-likeness (QED) is 0.107. The van der Waals surface area contributed by atoms with Crippen LogP contribution in [0.5, 0.6) is 0 Å². The molecule has 10 aromatic carbocycles. The maximum atomic E-state index is 2.51. The van der Waals surface area contributed by atoms with Crippen LogP contribution in [0.1, 0.15) is 0 Å².